The molecule has 16 heavy (non-hydrogen) atoms. The Morgan fingerprint density at radius 2 is 2.06 bits per heavy atom. The highest BCUT2D eigenvalue weighted by Crippen LogP contribution is 2.26. The molecule has 4 nitrogen and oxygen atoms in total. The summed E-state index contributed by atoms with van der Waals surface area (Å²) in [5.41, 5.74) is 4.56. The molecule has 1 atom stereocenters. The molecule has 1 aromatic heterocycles. The van der Waals surface area contributed by atoms with Gasteiger partial charge in [-0.15, -0.1) is 0 Å². The van der Waals surface area contributed by atoms with Crippen molar-refractivity contribution in [2.24, 2.45) is 5.84 Å². The number of hydrogen-bond acceptors (Lipinski definition) is 4. The Balaban J connectivity index is 2.41. The van der Waals surface area contributed by atoms with Crippen LogP contribution in [0, 0.1) is 0 Å². The van der Waals surface area contributed by atoms with Crippen molar-refractivity contribution in [3.05, 3.63) is 58.6 Å². The van der Waals surface area contributed by atoms with Gasteiger partial charge in [0.1, 0.15) is 0 Å². The number of aromatic nitrogens is 2. The molecule has 0 aliphatic carbocycles. The average Bonchev–Trinajstić information content (AvgIpc) is 2.34. The van der Waals surface area contributed by atoms with Gasteiger partial charge < -0.3 is 0 Å². The van der Waals surface area contributed by atoms with Crippen molar-refractivity contribution in [1.29, 1.82) is 0 Å². The van der Waals surface area contributed by atoms with Gasteiger partial charge in [-0.05, 0) is 11.6 Å². The number of nitrogens with two attached hydrogens (primary N) is 1. The Morgan fingerprint density at radius 1 is 1.25 bits per heavy atom. The van der Waals surface area contributed by atoms with Crippen LogP contribution in [0.5, 0.6) is 0 Å². The predicted octanol–water partition coefficient (Wildman–Crippen LogP) is 1.79. The molecule has 0 amide bonds. The third kappa shape index (κ3) is 2.27. The van der Waals surface area contributed by atoms with Crippen LogP contribution in [-0.4, -0.2) is 9.97 Å². The van der Waals surface area contributed by atoms with E-state index < -0.39 is 0 Å². The zero-order chi connectivity index (χ0) is 11.4. The fraction of sp³-hybridized carbons (Fsp3) is 0.0909. The number of nitrogens with one attached hydrogen (secondary N) is 1. The molecule has 0 fully saturated rings. The Bertz CT molecular complexity index is 461. The van der Waals surface area contributed by atoms with Crippen LogP contribution < -0.4 is 11.3 Å². The van der Waals surface area contributed by atoms with Crippen LogP contribution in [0.2, 0.25) is 0 Å². The van der Waals surface area contributed by atoms with Crippen molar-refractivity contribution in [1.82, 2.24) is 15.4 Å². The minimum atomic E-state index is -0.163. The number of nitrogens with zero attached hydrogens (tertiary/aromatic N) is 2. The summed E-state index contributed by atoms with van der Waals surface area (Å²) in [6.45, 7) is 0. The molecule has 0 saturated heterocycles. The van der Waals surface area contributed by atoms with E-state index in [2.05, 4.69) is 31.3 Å². The Kier molecular flexibility index (Phi) is 3.61. The molecule has 1 aromatic carbocycles. The van der Waals surface area contributed by atoms with Gasteiger partial charge in [0.15, 0.2) is 0 Å². The summed E-state index contributed by atoms with van der Waals surface area (Å²) in [6.07, 6.45) is 4.98. The van der Waals surface area contributed by atoms with E-state index in [1.54, 1.807) is 18.6 Å². The summed E-state index contributed by atoms with van der Waals surface area (Å²) in [5, 5.41) is 0. The van der Waals surface area contributed by atoms with Crippen LogP contribution in [0.3, 0.4) is 0 Å². The molecule has 82 valence electrons. The fourth-order valence-corrected chi connectivity index (χ4v) is 2.02. The van der Waals surface area contributed by atoms with Crippen molar-refractivity contribution in [3.8, 4) is 0 Å². The quantitative estimate of drug-likeness (QED) is 0.664. The van der Waals surface area contributed by atoms with E-state index in [1.807, 2.05) is 24.3 Å². The van der Waals surface area contributed by atoms with Gasteiger partial charge in [0.25, 0.3) is 0 Å². The van der Waals surface area contributed by atoms with Crippen molar-refractivity contribution in [2.75, 3.05) is 0 Å². The van der Waals surface area contributed by atoms with E-state index in [1.165, 1.54) is 0 Å². The number of rotatable bonds is 3. The van der Waals surface area contributed by atoms with E-state index >= 15 is 0 Å². The molecular formula is C11H11BrN4. The van der Waals surface area contributed by atoms with Crippen molar-refractivity contribution in [3.63, 3.8) is 0 Å². The SMILES string of the molecule is NNC(c1cnccn1)c1ccccc1Br. The molecule has 2 rings (SSSR count). The third-order valence-electron chi connectivity index (χ3n) is 2.26. The van der Waals surface area contributed by atoms with Crippen LogP contribution in [0.4, 0.5) is 0 Å². The smallest absolute Gasteiger partial charge is 0.0907 e. The molecule has 0 aliphatic heterocycles. The van der Waals surface area contributed by atoms with E-state index in [0.717, 1.165) is 15.7 Å². The lowest BCUT2D eigenvalue weighted by atomic mass is 10.1. The van der Waals surface area contributed by atoms with Gasteiger partial charge in [-0.25, -0.2) is 5.43 Å². The van der Waals surface area contributed by atoms with Gasteiger partial charge >= 0.3 is 0 Å². The highest BCUT2D eigenvalue weighted by molar-refractivity contribution is 9.10. The van der Waals surface area contributed by atoms with Crippen LogP contribution in [0.15, 0.2) is 47.3 Å². The Morgan fingerprint density at radius 3 is 2.69 bits per heavy atom. The minimum Gasteiger partial charge on any atom is -0.271 e. The van der Waals surface area contributed by atoms with Gasteiger partial charge in [-0.2, -0.15) is 0 Å². The summed E-state index contributed by atoms with van der Waals surface area (Å²) in [5.74, 6) is 5.57. The molecule has 1 unspecified atom stereocenters. The van der Waals surface area contributed by atoms with Gasteiger partial charge in [0.05, 0.1) is 17.9 Å². The number of benzene rings is 1. The van der Waals surface area contributed by atoms with Crippen LogP contribution in [-0.2, 0) is 0 Å². The molecule has 5 heteroatoms. The number of hydrogen-bond donors (Lipinski definition) is 2. The van der Waals surface area contributed by atoms with Crippen LogP contribution >= 0.6 is 15.9 Å². The summed E-state index contributed by atoms with van der Waals surface area (Å²) < 4.78 is 0.989. The molecular weight excluding hydrogens is 268 g/mol. The second-order valence-electron chi connectivity index (χ2n) is 3.25. The maximum absolute atomic E-state index is 5.57. The molecule has 3 N–H and O–H groups in total. The standard InChI is InChI=1S/C11H11BrN4/c12-9-4-2-1-3-8(9)11(16-13)10-7-14-5-6-15-10/h1-7,11,16H,13H2. The van der Waals surface area contributed by atoms with E-state index in [-0.39, 0.29) is 6.04 Å². The van der Waals surface area contributed by atoms with Crippen LogP contribution in [0.1, 0.15) is 17.3 Å². The zero-order valence-electron chi connectivity index (χ0n) is 8.47. The van der Waals surface area contributed by atoms with E-state index in [9.17, 15) is 0 Å². The predicted molar refractivity (Wildman–Crippen MR) is 65.3 cm³/mol. The summed E-state index contributed by atoms with van der Waals surface area (Å²) in [4.78, 5) is 8.28. The molecule has 1 heterocycles. The lowest BCUT2D eigenvalue weighted by Crippen LogP contribution is -2.29. The van der Waals surface area contributed by atoms with Crippen LogP contribution in [0.25, 0.3) is 0 Å². The molecule has 0 bridgehead atoms. The van der Waals surface area contributed by atoms with Gasteiger partial charge in [0, 0.05) is 16.9 Å². The maximum atomic E-state index is 5.57. The summed E-state index contributed by atoms with van der Waals surface area (Å²) in [6, 6.07) is 7.71. The lowest BCUT2D eigenvalue weighted by Gasteiger charge is -2.16. The van der Waals surface area contributed by atoms with Gasteiger partial charge in [-0.3, -0.25) is 15.8 Å². The third-order valence-corrected chi connectivity index (χ3v) is 2.98. The zero-order valence-corrected chi connectivity index (χ0v) is 10.1. The number of hydrazine groups is 1. The Hall–Kier alpha value is -1.30. The Labute approximate surface area is 102 Å². The molecule has 0 spiro atoms. The lowest BCUT2D eigenvalue weighted by molar-refractivity contribution is 0.615. The fourth-order valence-electron chi connectivity index (χ4n) is 1.50. The minimum absolute atomic E-state index is 0.163. The van der Waals surface area contributed by atoms with Crippen molar-refractivity contribution >= 4 is 15.9 Å². The second kappa shape index (κ2) is 5.16. The van der Waals surface area contributed by atoms with Gasteiger partial charge in [-0.1, -0.05) is 34.1 Å². The monoisotopic (exact) mass is 278 g/mol. The summed E-state index contributed by atoms with van der Waals surface area (Å²) >= 11 is 3.49. The first-order valence-corrected chi connectivity index (χ1v) is 5.58. The first-order chi connectivity index (χ1) is 7.83. The largest absolute Gasteiger partial charge is 0.271 e. The topological polar surface area (TPSA) is 63.8 Å². The molecule has 0 aliphatic rings. The molecule has 0 radical (unpaired) electrons. The van der Waals surface area contributed by atoms with E-state index in [4.69, 9.17) is 5.84 Å². The molecule has 2 aromatic rings. The molecule has 0 saturated carbocycles. The normalized spacial score (nSPS) is 12.4. The maximum Gasteiger partial charge on any atom is 0.0907 e. The highest BCUT2D eigenvalue weighted by Gasteiger charge is 2.15. The van der Waals surface area contributed by atoms with Crippen molar-refractivity contribution < 1.29 is 0 Å². The second-order valence-corrected chi connectivity index (χ2v) is 4.11. The van der Waals surface area contributed by atoms with Gasteiger partial charge in [0.2, 0.25) is 0 Å². The van der Waals surface area contributed by atoms with Crippen molar-refractivity contribution in [2.45, 2.75) is 6.04 Å². The number of halogens is 1. The summed E-state index contributed by atoms with van der Waals surface area (Å²) in [7, 11) is 0. The first-order valence-electron chi connectivity index (χ1n) is 4.79. The highest BCUT2D eigenvalue weighted by atomic mass is 79.9. The van der Waals surface area contributed by atoms with E-state index in [0.29, 0.717) is 0 Å². The average molecular weight is 279 g/mol. The first kappa shape index (κ1) is 11.2.